The Labute approximate surface area is 132 Å². The number of aryl methyl sites for hydroxylation is 1. The molecular formula is C15H10F5N3O. The van der Waals surface area contributed by atoms with E-state index in [1.54, 1.807) is 13.0 Å². The fourth-order valence-corrected chi connectivity index (χ4v) is 2.34. The second-order valence-electron chi connectivity index (χ2n) is 5.08. The third kappa shape index (κ3) is 3.15. The Hall–Kier alpha value is -2.71. The third-order valence-electron chi connectivity index (χ3n) is 3.29. The van der Waals surface area contributed by atoms with Gasteiger partial charge in [-0.2, -0.15) is 5.10 Å². The van der Waals surface area contributed by atoms with E-state index in [2.05, 4.69) is 14.8 Å². The number of aromatic nitrogens is 3. The van der Waals surface area contributed by atoms with Crippen LogP contribution in [0.15, 0.2) is 36.7 Å². The number of ether oxygens (including phenoxy) is 1. The summed E-state index contributed by atoms with van der Waals surface area (Å²) in [6.45, 7) is 1.71. The molecule has 0 aliphatic rings. The van der Waals surface area contributed by atoms with Gasteiger partial charge in [0, 0.05) is 11.6 Å². The summed E-state index contributed by atoms with van der Waals surface area (Å²) in [5.41, 5.74) is 0.661. The molecule has 0 aliphatic heterocycles. The Morgan fingerprint density at radius 2 is 1.92 bits per heavy atom. The molecule has 0 aliphatic carbocycles. The molecule has 24 heavy (non-hydrogen) atoms. The number of alkyl halides is 4. The summed E-state index contributed by atoms with van der Waals surface area (Å²) in [4.78, 5) is 3.94. The van der Waals surface area contributed by atoms with Crippen molar-refractivity contribution in [3.8, 4) is 5.75 Å². The van der Waals surface area contributed by atoms with Crippen LogP contribution in [0.4, 0.5) is 22.0 Å². The highest BCUT2D eigenvalue weighted by atomic mass is 19.4. The van der Waals surface area contributed by atoms with Gasteiger partial charge in [-0.15, -0.1) is 13.2 Å². The lowest BCUT2D eigenvalue weighted by atomic mass is 10.0. The average Bonchev–Trinajstić information content (AvgIpc) is 2.92. The summed E-state index contributed by atoms with van der Waals surface area (Å²) in [5, 5.41) is 3.87. The summed E-state index contributed by atoms with van der Waals surface area (Å²) >= 11 is 0. The van der Waals surface area contributed by atoms with Gasteiger partial charge >= 0.3 is 6.36 Å². The van der Waals surface area contributed by atoms with Crippen LogP contribution < -0.4 is 4.74 Å². The van der Waals surface area contributed by atoms with Gasteiger partial charge in [-0.25, -0.2) is 18.3 Å². The lowest BCUT2D eigenvalue weighted by Gasteiger charge is -2.14. The Balaban J connectivity index is 2.00. The van der Waals surface area contributed by atoms with Gasteiger partial charge in [-0.05, 0) is 36.8 Å². The highest BCUT2D eigenvalue weighted by Gasteiger charge is 2.31. The Bertz CT molecular complexity index is 890. The van der Waals surface area contributed by atoms with Gasteiger partial charge in [0.1, 0.15) is 17.9 Å². The van der Waals surface area contributed by atoms with E-state index in [0.29, 0.717) is 17.3 Å². The van der Waals surface area contributed by atoms with E-state index in [9.17, 15) is 22.0 Å². The standard InChI is InChI=1S/C15H10F5N3O/c1-8-4-12(23-13(5-8)21-7-22-23)14(17)10-3-2-9(6-11(10)16)24-15(18,19)20/h2-7,14H,1H3. The molecule has 3 aromatic rings. The molecule has 2 heterocycles. The summed E-state index contributed by atoms with van der Waals surface area (Å²) in [6, 6.07) is 5.38. The smallest absolute Gasteiger partial charge is 0.406 e. The average molecular weight is 343 g/mol. The predicted molar refractivity (Wildman–Crippen MR) is 73.8 cm³/mol. The molecule has 9 heteroatoms. The molecule has 0 fully saturated rings. The van der Waals surface area contributed by atoms with Crippen LogP contribution in [0.25, 0.3) is 5.65 Å². The SMILES string of the molecule is Cc1cc(C(F)c2ccc(OC(F)(F)F)cc2F)n2ncnc2c1. The van der Waals surface area contributed by atoms with Crippen LogP contribution in [-0.2, 0) is 0 Å². The van der Waals surface area contributed by atoms with Crippen LogP contribution in [-0.4, -0.2) is 21.0 Å². The van der Waals surface area contributed by atoms with E-state index in [4.69, 9.17) is 0 Å². The topological polar surface area (TPSA) is 39.4 Å². The zero-order chi connectivity index (χ0) is 17.5. The zero-order valence-electron chi connectivity index (χ0n) is 12.2. The number of benzene rings is 1. The first-order chi connectivity index (χ1) is 11.2. The van der Waals surface area contributed by atoms with Gasteiger partial charge in [0.15, 0.2) is 11.8 Å². The number of halogens is 5. The summed E-state index contributed by atoms with van der Waals surface area (Å²) in [6.07, 6.45) is -5.66. The van der Waals surface area contributed by atoms with Crippen LogP contribution in [0.5, 0.6) is 5.75 Å². The minimum absolute atomic E-state index is 0.0193. The van der Waals surface area contributed by atoms with E-state index in [1.807, 2.05) is 0 Å². The Morgan fingerprint density at radius 3 is 2.58 bits per heavy atom. The van der Waals surface area contributed by atoms with Crippen LogP contribution in [0.3, 0.4) is 0 Å². The minimum atomic E-state index is -4.95. The first-order valence-electron chi connectivity index (χ1n) is 6.74. The Kier molecular flexibility index (Phi) is 3.86. The first kappa shape index (κ1) is 16.2. The maximum absolute atomic E-state index is 14.8. The molecule has 0 bridgehead atoms. The van der Waals surface area contributed by atoms with Crippen LogP contribution in [0, 0.1) is 12.7 Å². The molecule has 1 unspecified atom stereocenters. The van der Waals surface area contributed by atoms with Gasteiger partial charge in [-0.3, -0.25) is 0 Å². The van der Waals surface area contributed by atoms with E-state index < -0.39 is 29.7 Å². The number of nitrogens with zero attached hydrogens (tertiary/aromatic N) is 3. The maximum atomic E-state index is 14.8. The quantitative estimate of drug-likeness (QED) is 0.671. The van der Waals surface area contributed by atoms with Gasteiger partial charge in [-0.1, -0.05) is 0 Å². The van der Waals surface area contributed by atoms with Crippen molar-refractivity contribution in [2.24, 2.45) is 0 Å². The van der Waals surface area contributed by atoms with Crippen molar-refractivity contribution in [2.75, 3.05) is 0 Å². The molecule has 0 saturated heterocycles. The van der Waals surface area contributed by atoms with Crippen molar-refractivity contribution >= 4 is 5.65 Å². The molecule has 1 aromatic carbocycles. The minimum Gasteiger partial charge on any atom is -0.406 e. The second kappa shape index (κ2) is 5.73. The molecule has 0 amide bonds. The fraction of sp³-hybridized carbons (Fsp3) is 0.200. The molecule has 0 N–H and O–H groups in total. The highest BCUT2D eigenvalue weighted by molar-refractivity contribution is 5.44. The van der Waals surface area contributed by atoms with Crippen LogP contribution >= 0.6 is 0 Å². The van der Waals surface area contributed by atoms with Crippen molar-refractivity contribution in [3.63, 3.8) is 0 Å². The fourth-order valence-electron chi connectivity index (χ4n) is 2.34. The molecule has 3 rings (SSSR count). The number of pyridine rings is 1. The van der Waals surface area contributed by atoms with E-state index >= 15 is 0 Å². The predicted octanol–water partition coefficient (Wildman–Crippen LogP) is 4.13. The van der Waals surface area contributed by atoms with E-state index in [0.717, 1.165) is 12.1 Å². The number of hydrogen-bond donors (Lipinski definition) is 0. The molecule has 2 aromatic heterocycles. The third-order valence-corrected chi connectivity index (χ3v) is 3.29. The summed E-state index contributed by atoms with van der Waals surface area (Å²) in [7, 11) is 0. The summed E-state index contributed by atoms with van der Waals surface area (Å²) < 4.78 is 70.1. The molecule has 4 nitrogen and oxygen atoms in total. The van der Waals surface area contributed by atoms with E-state index in [-0.39, 0.29) is 5.69 Å². The molecule has 126 valence electrons. The first-order valence-corrected chi connectivity index (χ1v) is 6.74. The largest absolute Gasteiger partial charge is 0.573 e. The second-order valence-corrected chi connectivity index (χ2v) is 5.08. The highest BCUT2D eigenvalue weighted by Crippen LogP contribution is 2.32. The number of rotatable bonds is 3. The van der Waals surface area contributed by atoms with Crippen molar-refractivity contribution < 1.29 is 26.7 Å². The lowest BCUT2D eigenvalue weighted by molar-refractivity contribution is -0.274. The van der Waals surface area contributed by atoms with Crippen LogP contribution in [0.1, 0.15) is 23.0 Å². The molecule has 1 atom stereocenters. The lowest BCUT2D eigenvalue weighted by Crippen LogP contribution is -2.17. The van der Waals surface area contributed by atoms with Crippen molar-refractivity contribution in [1.82, 2.24) is 14.6 Å². The van der Waals surface area contributed by atoms with Crippen LogP contribution in [0.2, 0.25) is 0 Å². The normalized spacial score (nSPS) is 13.2. The molecule has 0 spiro atoms. The molecule has 0 saturated carbocycles. The maximum Gasteiger partial charge on any atom is 0.573 e. The number of fused-ring (bicyclic) bond motifs is 1. The monoisotopic (exact) mass is 343 g/mol. The van der Waals surface area contributed by atoms with Crippen molar-refractivity contribution in [2.45, 2.75) is 19.5 Å². The summed E-state index contributed by atoms with van der Waals surface area (Å²) in [5.74, 6) is -1.91. The van der Waals surface area contributed by atoms with Gasteiger partial charge in [0.25, 0.3) is 0 Å². The van der Waals surface area contributed by atoms with E-state index in [1.165, 1.54) is 16.9 Å². The van der Waals surface area contributed by atoms with Crippen molar-refractivity contribution in [1.29, 1.82) is 0 Å². The van der Waals surface area contributed by atoms with Gasteiger partial charge in [0.05, 0.1) is 5.69 Å². The zero-order valence-corrected chi connectivity index (χ0v) is 12.2. The molecular weight excluding hydrogens is 333 g/mol. The Morgan fingerprint density at radius 1 is 1.17 bits per heavy atom. The van der Waals surface area contributed by atoms with Gasteiger partial charge in [0.2, 0.25) is 0 Å². The van der Waals surface area contributed by atoms with Gasteiger partial charge < -0.3 is 4.74 Å². The number of hydrogen-bond acceptors (Lipinski definition) is 3. The van der Waals surface area contributed by atoms with Crippen molar-refractivity contribution in [3.05, 3.63) is 59.3 Å². The molecule has 0 radical (unpaired) electrons.